The molecule has 17 heavy (non-hydrogen) atoms. The standard InChI is InChI=1S/C12H16BrNO3/c1-3-17-14-12(15)7-5-9-4-6-11(16-2)10(13)8-9/h4,6,8H,3,5,7H2,1-2H3,(H,14,15). The molecule has 1 amide bonds. The van der Waals surface area contributed by atoms with E-state index in [-0.39, 0.29) is 5.91 Å². The third kappa shape index (κ3) is 4.75. The fourth-order valence-corrected chi connectivity index (χ4v) is 1.92. The molecule has 0 saturated carbocycles. The smallest absolute Gasteiger partial charge is 0.243 e. The van der Waals surface area contributed by atoms with Gasteiger partial charge in [0, 0.05) is 6.42 Å². The largest absolute Gasteiger partial charge is 0.496 e. The number of methoxy groups -OCH3 is 1. The summed E-state index contributed by atoms with van der Waals surface area (Å²) in [4.78, 5) is 16.1. The molecule has 0 spiro atoms. The molecule has 0 unspecified atom stereocenters. The van der Waals surface area contributed by atoms with Gasteiger partial charge in [0.2, 0.25) is 5.91 Å². The number of halogens is 1. The Balaban J connectivity index is 2.47. The Kier molecular flexibility index (Phi) is 6.00. The molecule has 0 bridgehead atoms. The van der Waals surface area contributed by atoms with Crippen molar-refractivity contribution in [1.82, 2.24) is 5.48 Å². The van der Waals surface area contributed by atoms with Crippen molar-refractivity contribution in [1.29, 1.82) is 0 Å². The highest BCUT2D eigenvalue weighted by atomic mass is 79.9. The average molecular weight is 302 g/mol. The number of aryl methyl sites for hydroxylation is 1. The van der Waals surface area contributed by atoms with Crippen LogP contribution in [0.2, 0.25) is 0 Å². The number of hydroxylamine groups is 1. The van der Waals surface area contributed by atoms with Gasteiger partial charge >= 0.3 is 0 Å². The summed E-state index contributed by atoms with van der Waals surface area (Å²) in [5.41, 5.74) is 3.44. The maximum absolute atomic E-state index is 11.3. The topological polar surface area (TPSA) is 47.6 Å². The molecule has 1 aromatic rings. The fraction of sp³-hybridized carbons (Fsp3) is 0.417. The van der Waals surface area contributed by atoms with Gasteiger partial charge in [0.15, 0.2) is 0 Å². The average Bonchev–Trinajstić information content (AvgIpc) is 2.34. The van der Waals surface area contributed by atoms with E-state index in [2.05, 4.69) is 21.4 Å². The molecule has 0 radical (unpaired) electrons. The zero-order valence-electron chi connectivity index (χ0n) is 9.96. The fourth-order valence-electron chi connectivity index (χ4n) is 1.33. The highest BCUT2D eigenvalue weighted by molar-refractivity contribution is 9.10. The first-order valence-corrected chi connectivity index (χ1v) is 6.19. The molecule has 1 N–H and O–H groups in total. The first kappa shape index (κ1) is 14.0. The Morgan fingerprint density at radius 1 is 1.47 bits per heavy atom. The number of benzene rings is 1. The number of amides is 1. The zero-order valence-corrected chi connectivity index (χ0v) is 11.5. The van der Waals surface area contributed by atoms with Gasteiger partial charge in [0.1, 0.15) is 5.75 Å². The molecular weight excluding hydrogens is 286 g/mol. The molecule has 0 aliphatic carbocycles. The Labute approximate surface area is 109 Å². The molecule has 0 atom stereocenters. The van der Waals surface area contributed by atoms with E-state index >= 15 is 0 Å². The summed E-state index contributed by atoms with van der Waals surface area (Å²) in [6.07, 6.45) is 1.07. The zero-order chi connectivity index (χ0) is 12.7. The van der Waals surface area contributed by atoms with Crippen molar-refractivity contribution in [2.45, 2.75) is 19.8 Å². The summed E-state index contributed by atoms with van der Waals surface area (Å²) >= 11 is 3.41. The summed E-state index contributed by atoms with van der Waals surface area (Å²) in [5.74, 6) is 0.673. The number of hydrogen-bond donors (Lipinski definition) is 1. The molecule has 1 rings (SSSR count). The van der Waals surface area contributed by atoms with Crippen LogP contribution in [0.5, 0.6) is 5.75 Å². The summed E-state index contributed by atoms with van der Waals surface area (Å²) in [6, 6.07) is 5.77. The summed E-state index contributed by atoms with van der Waals surface area (Å²) in [7, 11) is 1.62. The summed E-state index contributed by atoms with van der Waals surface area (Å²) < 4.78 is 6.02. The van der Waals surface area contributed by atoms with Crippen LogP contribution in [0.3, 0.4) is 0 Å². The second kappa shape index (κ2) is 7.29. The van der Waals surface area contributed by atoms with E-state index in [1.165, 1.54) is 0 Å². The van der Waals surface area contributed by atoms with Crippen molar-refractivity contribution < 1.29 is 14.4 Å². The maximum Gasteiger partial charge on any atom is 0.243 e. The highest BCUT2D eigenvalue weighted by Gasteiger charge is 2.04. The minimum atomic E-state index is -0.112. The lowest BCUT2D eigenvalue weighted by Crippen LogP contribution is -2.23. The predicted octanol–water partition coefficient (Wildman–Crippen LogP) is 2.46. The van der Waals surface area contributed by atoms with Crippen molar-refractivity contribution in [2.75, 3.05) is 13.7 Å². The van der Waals surface area contributed by atoms with Gasteiger partial charge in [-0.25, -0.2) is 5.48 Å². The molecule has 0 aliphatic rings. The van der Waals surface area contributed by atoms with Crippen molar-refractivity contribution in [3.05, 3.63) is 28.2 Å². The number of rotatable bonds is 6. The lowest BCUT2D eigenvalue weighted by Gasteiger charge is -2.06. The predicted molar refractivity (Wildman–Crippen MR) is 68.8 cm³/mol. The van der Waals surface area contributed by atoms with Crippen LogP contribution in [-0.2, 0) is 16.1 Å². The Hall–Kier alpha value is -1.07. The lowest BCUT2D eigenvalue weighted by molar-refractivity contribution is -0.133. The third-order valence-electron chi connectivity index (χ3n) is 2.19. The molecule has 4 nitrogen and oxygen atoms in total. The molecule has 1 aromatic carbocycles. The Morgan fingerprint density at radius 3 is 2.82 bits per heavy atom. The number of hydrogen-bond acceptors (Lipinski definition) is 3. The van der Waals surface area contributed by atoms with Gasteiger partial charge in [-0.3, -0.25) is 9.63 Å². The molecule has 0 fully saturated rings. The van der Waals surface area contributed by atoms with Crippen molar-refractivity contribution >= 4 is 21.8 Å². The van der Waals surface area contributed by atoms with E-state index in [9.17, 15) is 4.79 Å². The third-order valence-corrected chi connectivity index (χ3v) is 2.81. The van der Waals surface area contributed by atoms with E-state index < -0.39 is 0 Å². The lowest BCUT2D eigenvalue weighted by atomic mass is 10.1. The Morgan fingerprint density at radius 2 is 2.24 bits per heavy atom. The van der Waals surface area contributed by atoms with Crippen LogP contribution in [0, 0.1) is 0 Å². The van der Waals surface area contributed by atoms with Gasteiger partial charge in [-0.15, -0.1) is 0 Å². The van der Waals surface area contributed by atoms with E-state index in [0.29, 0.717) is 19.4 Å². The van der Waals surface area contributed by atoms with Crippen LogP contribution in [0.4, 0.5) is 0 Å². The van der Waals surface area contributed by atoms with Crippen LogP contribution < -0.4 is 10.2 Å². The SMILES string of the molecule is CCONC(=O)CCc1ccc(OC)c(Br)c1. The molecule has 5 heteroatoms. The molecule has 0 heterocycles. The minimum absolute atomic E-state index is 0.112. The number of carbonyl (C=O) groups is 1. The molecule has 0 saturated heterocycles. The van der Waals surface area contributed by atoms with Gasteiger partial charge < -0.3 is 4.74 Å². The highest BCUT2D eigenvalue weighted by Crippen LogP contribution is 2.25. The quantitative estimate of drug-likeness (QED) is 0.821. The van der Waals surface area contributed by atoms with E-state index in [1.807, 2.05) is 25.1 Å². The first-order valence-electron chi connectivity index (χ1n) is 5.40. The summed E-state index contributed by atoms with van der Waals surface area (Å²) in [6.45, 7) is 2.29. The van der Waals surface area contributed by atoms with Gasteiger partial charge in [0.25, 0.3) is 0 Å². The first-order chi connectivity index (χ1) is 8.17. The summed E-state index contributed by atoms with van der Waals surface area (Å²) in [5, 5.41) is 0. The normalized spacial score (nSPS) is 10.1. The van der Waals surface area contributed by atoms with E-state index in [1.54, 1.807) is 7.11 Å². The van der Waals surface area contributed by atoms with Crippen LogP contribution in [-0.4, -0.2) is 19.6 Å². The Bertz CT molecular complexity index is 382. The van der Waals surface area contributed by atoms with Gasteiger partial charge in [0.05, 0.1) is 18.2 Å². The molecule has 94 valence electrons. The van der Waals surface area contributed by atoms with E-state index in [4.69, 9.17) is 9.57 Å². The van der Waals surface area contributed by atoms with Gasteiger partial charge in [-0.05, 0) is 47.0 Å². The van der Waals surface area contributed by atoms with E-state index in [0.717, 1.165) is 15.8 Å². The van der Waals surface area contributed by atoms with Gasteiger partial charge in [-0.1, -0.05) is 6.07 Å². The number of ether oxygens (including phenoxy) is 1. The monoisotopic (exact) mass is 301 g/mol. The number of nitrogens with one attached hydrogen (secondary N) is 1. The second-order valence-electron chi connectivity index (χ2n) is 3.43. The molecule has 0 aromatic heterocycles. The molecule has 0 aliphatic heterocycles. The van der Waals surface area contributed by atoms with Crippen LogP contribution in [0.25, 0.3) is 0 Å². The second-order valence-corrected chi connectivity index (χ2v) is 4.28. The van der Waals surface area contributed by atoms with Crippen LogP contribution >= 0.6 is 15.9 Å². The van der Waals surface area contributed by atoms with Crippen LogP contribution in [0.1, 0.15) is 18.9 Å². The minimum Gasteiger partial charge on any atom is -0.496 e. The molecular formula is C12H16BrNO3. The van der Waals surface area contributed by atoms with Crippen molar-refractivity contribution in [3.63, 3.8) is 0 Å². The number of carbonyl (C=O) groups excluding carboxylic acids is 1. The van der Waals surface area contributed by atoms with Gasteiger partial charge in [-0.2, -0.15) is 0 Å². The maximum atomic E-state index is 11.3. The van der Waals surface area contributed by atoms with Crippen molar-refractivity contribution in [3.8, 4) is 5.75 Å². The van der Waals surface area contributed by atoms with Crippen molar-refractivity contribution in [2.24, 2.45) is 0 Å². The van der Waals surface area contributed by atoms with Crippen LogP contribution in [0.15, 0.2) is 22.7 Å².